The topological polar surface area (TPSA) is 62.5 Å². The molecule has 21 heavy (non-hydrogen) atoms. The average Bonchev–Trinajstić information content (AvgIpc) is 3.07. The summed E-state index contributed by atoms with van der Waals surface area (Å²) in [5.74, 6) is -0.141. The second-order valence-corrected chi connectivity index (χ2v) is 7.52. The Hall–Kier alpha value is -0.950. The predicted molar refractivity (Wildman–Crippen MR) is 84.4 cm³/mol. The second kappa shape index (κ2) is 5.68. The lowest BCUT2D eigenvalue weighted by Gasteiger charge is -2.27. The molecule has 1 aliphatic heterocycles. The molecular weight excluding hydrogens is 356 g/mol. The minimum atomic E-state index is -0.910. The lowest BCUT2D eigenvalue weighted by Crippen LogP contribution is -2.46. The van der Waals surface area contributed by atoms with Crippen molar-refractivity contribution in [2.45, 2.75) is 37.7 Å². The zero-order valence-corrected chi connectivity index (χ0v) is 14.1. The highest BCUT2D eigenvalue weighted by molar-refractivity contribution is 9.10. The molecule has 0 spiro atoms. The minimum absolute atomic E-state index is 0.0116. The van der Waals surface area contributed by atoms with Gasteiger partial charge in [-0.2, -0.15) is 0 Å². The smallest absolute Gasteiger partial charge is 0.327 e. The van der Waals surface area contributed by atoms with E-state index in [0.717, 1.165) is 17.3 Å². The molecule has 1 amide bonds. The summed E-state index contributed by atoms with van der Waals surface area (Å²) in [6, 6.07) is 1.06. The molecule has 2 heterocycles. The minimum Gasteiger partial charge on any atom is -0.480 e. The predicted octanol–water partition coefficient (Wildman–Crippen LogP) is 2.65. The Kier molecular flexibility index (Phi) is 4.05. The first kappa shape index (κ1) is 15.0. The van der Waals surface area contributed by atoms with E-state index in [1.807, 2.05) is 17.7 Å². The van der Waals surface area contributed by atoms with Gasteiger partial charge < -0.3 is 14.6 Å². The van der Waals surface area contributed by atoms with Crippen LogP contribution in [-0.4, -0.2) is 43.6 Å². The van der Waals surface area contributed by atoms with Gasteiger partial charge in [0.2, 0.25) is 0 Å². The van der Waals surface area contributed by atoms with Gasteiger partial charge in [-0.3, -0.25) is 4.79 Å². The van der Waals surface area contributed by atoms with Crippen LogP contribution in [-0.2, 0) is 11.3 Å². The highest BCUT2D eigenvalue weighted by Gasteiger charge is 2.48. The van der Waals surface area contributed by atoms with E-state index in [-0.39, 0.29) is 11.3 Å². The van der Waals surface area contributed by atoms with E-state index in [2.05, 4.69) is 15.9 Å². The number of nitrogens with zero attached hydrogens (tertiary/aromatic N) is 2. The number of carboxylic acid groups (broad SMARTS) is 1. The molecule has 2 unspecified atom stereocenters. The van der Waals surface area contributed by atoms with Gasteiger partial charge in [-0.15, -0.1) is 11.8 Å². The van der Waals surface area contributed by atoms with Gasteiger partial charge in [0.05, 0.1) is 5.37 Å². The third-order valence-electron chi connectivity index (χ3n) is 4.00. The maximum atomic E-state index is 12.9. The third kappa shape index (κ3) is 2.73. The van der Waals surface area contributed by atoms with Gasteiger partial charge >= 0.3 is 5.97 Å². The first-order chi connectivity index (χ1) is 10.0. The Balaban J connectivity index is 1.93. The van der Waals surface area contributed by atoms with E-state index >= 15 is 0 Å². The lowest BCUT2D eigenvalue weighted by atomic mass is 10.2. The number of carbonyl (C=O) groups excluding carboxylic acids is 1. The molecule has 1 aromatic rings. The molecule has 2 atom stereocenters. The fraction of sp³-hybridized carbons (Fsp3) is 0.571. The first-order valence-corrected chi connectivity index (χ1v) is 8.89. The summed E-state index contributed by atoms with van der Waals surface area (Å²) in [5, 5.41) is 9.42. The van der Waals surface area contributed by atoms with Crippen molar-refractivity contribution in [3.8, 4) is 0 Å². The quantitative estimate of drug-likeness (QED) is 0.882. The number of carboxylic acids is 1. The molecule has 0 radical (unpaired) electrons. The van der Waals surface area contributed by atoms with Crippen LogP contribution in [0.5, 0.6) is 0 Å². The van der Waals surface area contributed by atoms with Crippen molar-refractivity contribution in [3.05, 3.63) is 22.4 Å². The largest absolute Gasteiger partial charge is 0.480 e. The van der Waals surface area contributed by atoms with Crippen molar-refractivity contribution in [3.63, 3.8) is 0 Å². The standard InChI is InChI=1S/C14H17BrN2O3S/c1-2-16-6-9(15)5-10(16)12(18)17-11(14(19)20)7-21-13(17)8-3-4-8/h5-6,8,11,13H,2-4,7H2,1H3,(H,19,20). The molecule has 3 rings (SSSR count). The third-order valence-corrected chi connectivity index (χ3v) is 5.90. The fourth-order valence-electron chi connectivity index (χ4n) is 2.77. The zero-order valence-electron chi connectivity index (χ0n) is 11.7. The summed E-state index contributed by atoms with van der Waals surface area (Å²) in [7, 11) is 0. The molecule has 1 saturated heterocycles. The number of hydrogen-bond acceptors (Lipinski definition) is 3. The zero-order chi connectivity index (χ0) is 15.1. The number of halogens is 1. The Morgan fingerprint density at radius 3 is 2.76 bits per heavy atom. The number of rotatable bonds is 4. The molecule has 5 nitrogen and oxygen atoms in total. The monoisotopic (exact) mass is 372 g/mol. The number of hydrogen-bond donors (Lipinski definition) is 1. The number of amides is 1. The van der Waals surface area contributed by atoms with Gasteiger partial charge in [-0.25, -0.2) is 4.79 Å². The van der Waals surface area contributed by atoms with Gasteiger partial charge in [0.15, 0.2) is 0 Å². The Morgan fingerprint density at radius 2 is 2.19 bits per heavy atom. The van der Waals surface area contributed by atoms with Gasteiger partial charge in [0, 0.05) is 23.0 Å². The van der Waals surface area contributed by atoms with Crippen LogP contribution in [0.25, 0.3) is 0 Å². The number of thioether (sulfide) groups is 1. The van der Waals surface area contributed by atoms with Crippen molar-refractivity contribution in [2.24, 2.45) is 5.92 Å². The van der Waals surface area contributed by atoms with Gasteiger partial charge in [-0.1, -0.05) is 0 Å². The average molecular weight is 373 g/mol. The molecule has 1 saturated carbocycles. The summed E-state index contributed by atoms with van der Waals surface area (Å²) in [4.78, 5) is 26.0. The highest BCUT2D eigenvalue weighted by Crippen LogP contribution is 2.46. The highest BCUT2D eigenvalue weighted by atomic mass is 79.9. The summed E-state index contributed by atoms with van der Waals surface area (Å²) in [6.07, 6.45) is 4.04. The molecule has 0 aromatic carbocycles. The summed E-state index contributed by atoms with van der Waals surface area (Å²) >= 11 is 4.99. The molecule has 2 aliphatic rings. The van der Waals surface area contributed by atoms with Crippen molar-refractivity contribution in [2.75, 3.05) is 5.75 Å². The summed E-state index contributed by atoms with van der Waals surface area (Å²) in [5.41, 5.74) is 0.559. The van der Waals surface area contributed by atoms with E-state index in [0.29, 0.717) is 23.9 Å². The molecule has 2 fully saturated rings. The van der Waals surface area contributed by atoms with E-state index < -0.39 is 12.0 Å². The van der Waals surface area contributed by atoms with Crippen LogP contribution in [0.3, 0.4) is 0 Å². The Labute approximate surface area is 135 Å². The molecule has 1 aromatic heterocycles. The Bertz CT molecular complexity index is 585. The van der Waals surface area contributed by atoms with Crippen LogP contribution in [0.15, 0.2) is 16.7 Å². The van der Waals surface area contributed by atoms with Crippen molar-refractivity contribution in [1.29, 1.82) is 0 Å². The van der Waals surface area contributed by atoms with Gasteiger partial charge in [0.1, 0.15) is 11.7 Å². The number of carbonyl (C=O) groups is 2. The summed E-state index contributed by atoms with van der Waals surface area (Å²) in [6.45, 7) is 2.65. The molecule has 7 heteroatoms. The molecule has 1 aliphatic carbocycles. The number of aromatic nitrogens is 1. The van der Waals surface area contributed by atoms with E-state index in [1.165, 1.54) is 0 Å². The van der Waals surface area contributed by atoms with E-state index in [4.69, 9.17) is 0 Å². The molecule has 114 valence electrons. The van der Waals surface area contributed by atoms with Crippen LogP contribution in [0.1, 0.15) is 30.3 Å². The Morgan fingerprint density at radius 1 is 1.48 bits per heavy atom. The molecule has 0 bridgehead atoms. The number of aryl methyl sites for hydroxylation is 1. The van der Waals surface area contributed by atoms with Crippen LogP contribution in [0.4, 0.5) is 0 Å². The van der Waals surface area contributed by atoms with Gasteiger partial charge in [0.25, 0.3) is 5.91 Å². The van der Waals surface area contributed by atoms with E-state index in [9.17, 15) is 14.7 Å². The maximum Gasteiger partial charge on any atom is 0.327 e. The number of aliphatic carboxylic acids is 1. The molecular formula is C14H17BrN2O3S. The maximum absolute atomic E-state index is 12.9. The van der Waals surface area contributed by atoms with Crippen molar-refractivity contribution >= 4 is 39.6 Å². The van der Waals surface area contributed by atoms with Crippen LogP contribution in [0, 0.1) is 5.92 Å². The van der Waals surface area contributed by atoms with Crippen molar-refractivity contribution < 1.29 is 14.7 Å². The lowest BCUT2D eigenvalue weighted by molar-refractivity contribution is -0.141. The van der Waals surface area contributed by atoms with Gasteiger partial charge in [-0.05, 0) is 47.7 Å². The second-order valence-electron chi connectivity index (χ2n) is 5.46. The van der Waals surface area contributed by atoms with Crippen LogP contribution >= 0.6 is 27.7 Å². The van der Waals surface area contributed by atoms with Crippen LogP contribution in [0.2, 0.25) is 0 Å². The normalized spacial score (nSPS) is 25.3. The summed E-state index contributed by atoms with van der Waals surface area (Å²) < 4.78 is 2.70. The SMILES string of the molecule is CCn1cc(Br)cc1C(=O)N1C(C(=O)O)CSC1C1CC1. The van der Waals surface area contributed by atoms with Crippen LogP contribution < -0.4 is 0 Å². The van der Waals surface area contributed by atoms with E-state index in [1.54, 1.807) is 22.7 Å². The fourth-order valence-corrected chi connectivity index (χ4v) is 4.86. The first-order valence-electron chi connectivity index (χ1n) is 7.05. The van der Waals surface area contributed by atoms with Crippen molar-refractivity contribution in [1.82, 2.24) is 9.47 Å². The molecule has 1 N–H and O–H groups in total.